The predicted molar refractivity (Wildman–Crippen MR) is 96.2 cm³/mol. The lowest BCUT2D eigenvalue weighted by atomic mass is 10.0. The molecule has 0 spiro atoms. The van der Waals surface area contributed by atoms with Gasteiger partial charge in [0.15, 0.2) is 0 Å². The molecule has 0 radical (unpaired) electrons. The summed E-state index contributed by atoms with van der Waals surface area (Å²) in [5.74, 6) is 1.62. The van der Waals surface area contributed by atoms with E-state index in [0.717, 1.165) is 57.1 Å². The number of amides is 2. The van der Waals surface area contributed by atoms with Crippen molar-refractivity contribution in [1.29, 1.82) is 0 Å². The predicted octanol–water partition coefficient (Wildman–Crippen LogP) is 1.77. The summed E-state index contributed by atoms with van der Waals surface area (Å²) >= 11 is 0. The number of carbonyl (C=O) groups is 1. The summed E-state index contributed by atoms with van der Waals surface area (Å²) in [4.78, 5) is 23.4. The highest BCUT2D eigenvalue weighted by Gasteiger charge is 2.20. The zero-order chi connectivity index (χ0) is 16.9. The molecule has 1 unspecified atom stereocenters. The van der Waals surface area contributed by atoms with Crippen LogP contribution in [0.5, 0.6) is 0 Å². The molecule has 24 heavy (non-hydrogen) atoms. The highest BCUT2D eigenvalue weighted by atomic mass is 16.2. The van der Waals surface area contributed by atoms with E-state index in [1.54, 1.807) is 0 Å². The third-order valence-corrected chi connectivity index (χ3v) is 5.03. The maximum Gasteiger partial charge on any atom is 0.317 e. The smallest absolute Gasteiger partial charge is 0.317 e. The average Bonchev–Trinajstić information content (AvgIpc) is 2.60. The van der Waals surface area contributed by atoms with E-state index >= 15 is 0 Å². The maximum atomic E-state index is 12.3. The maximum absolute atomic E-state index is 12.3. The Hall–Kier alpha value is -1.82. The van der Waals surface area contributed by atoms with Gasteiger partial charge >= 0.3 is 6.03 Å². The number of nitrogens with one attached hydrogen (secondary N) is 1. The Morgan fingerprint density at radius 2 is 2.08 bits per heavy atom. The zero-order valence-electron chi connectivity index (χ0n) is 14.9. The molecule has 2 amide bonds. The van der Waals surface area contributed by atoms with E-state index in [4.69, 9.17) is 0 Å². The fourth-order valence-corrected chi connectivity index (χ4v) is 3.44. The third kappa shape index (κ3) is 4.38. The van der Waals surface area contributed by atoms with Gasteiger partial charge < -0.3 is 20.0 Å². The number of hydrogen-bond donors (Lipinski definition) is 1. The first-order chi connectivity index (χ1) is 11.6. The summed E-state index contributed by atoms with van der Waals surface area (Å²) < 4.78 is 0. The zero-order valence-corrected chi connectivity index (χ0v) is 14.9. The van der Waals surface area contributed by atoms with Crippen molar-refractivity contribution in [2.75, 3.05) is 51.2 Å². The first kappa shape index (κ1) is 17.0. The number of pyridine rings is 1. The van der Waals surface area contributed by atoms with Crippen molar-refractivity contribution in [2.45, 2.75) is 26.3 Å². The molecule has 1 N–H and O–H groups in total. The number of nitrogens with zero attached hydrogens (tertiary/aromatic N) is 4. The van der Waals surface area contributed by atoms with E-state index in [-0.39, 0.29) is 6.03 Å². The number of hydrogen-bond acceptors (Lipinski definition) is 4. The van der Waals surface area contributed by atoms with Gasteiger partial charge in [-0.2, -0.15) is 0 Å². The second-order valence-electron chi connectivity index (χ2n) is 7.16. The van der Waals surface area contributed by atoms with Gasteiger partial charge in [0.05, 0.1) is 0 Å². The van der Waals surface area contributed by atoms with Crippen LogP contribution in [-0.2, 0) is 6.54 Å². The van der Waals surface area contributed by atoms with E-state index in [1.165, 1.54) is 6.42 Å². The standard InChI is InChI=1S/C18H29N5O/c1-15-4-3-7-23(14-15)18(24)20-13-16-5-6-19-17(12-16)22-10-8-21(2)9-11-22/h5-6,12,15H,3-4,7-11,13-14H2,1-2H3,(H,20,24). The van der Waals surface area contributed by atoms with Crippen molar-refractivity contribution < 1.29 is 4.79 Å². The molecular formula is C18H29N5O. The SMILES string of the molecule is CC1CCCN(C(=O)NCc2ccnc(N3CCN(C)CC3)c2)C1. The van der Waals surface area contributed by atoms with Gasteiger partial charge in [-0.1, -0.05) is 6.92 Å². The summed E-state index contributed by atoms with van der Waals surface area (Å²) in [5.41, 5.74) is 1.11. The summed E-state index contributed by atoms with van der Waals surface area (Å²) in [6, 6.07) is 4.14. The average molecular weight is 331 g/mol. The van der Waals surface area contributed by atoms with Crippen LogP contribution in [0, 0.1) is 5.92 Å². The number of carbonyl (C=O) groups excluding carboxylic acids is 1. The molecule has 6 nitrogen and oxygen atoms in total. The van der Waals surface area contributed by atoms with Crippen LogP contribution in [0.2, 0.25) is 0 Å². The van der Waals surface area contributed by atoms with E-state index in [0.29, 0.717) is 12.5 Å². The van der Waals surface area contributed by atoms with Crippen LogP contribution < -0.4 is 10.2 Å². The number of urea groups is 1. The number of likely N-dealkylation sites (N-methyl/N-ethyl adjacent to an activating group) is 1. The van der Waals surface area contributed by atoms with Crippen molar-refractivity contribution in [3.63, 3.8) is 0 Å². The van der Waals surface area contributed by atoms with E-state index < -0.39 is 0 Å². The molecule has 3 rings (SSSR count). The largest absolute Gasteiger partial charge is 0.354 e. The molecule has 6 heteroatoms. The molecule has 0 saturated carbocycles. The fraction of sp³-hybridized carbons (Fsp3) is 0.667. The number of aromatic nitrogens is 1. The molecule has 1 atom stereocenters. The molecule has 1 aromatic rings. The third-order valence-electron chi connectivity index (χ3n) is 5.03. The molecule has 0 bridgehead atoms. The first-order valence-electron chi connectivity index (χ1n) is 9.03. The summed E-state index contributed by atoms with van der Waals surface area (Å²) in [6.07, 6.45) is 4.18. The van der Waals surface area contributed by atoms with Crippen LogP contribution in [0.15, 0.2) is 18.3 Å². The lowest BCUT2D eigenvalue weighted by molar-refractivity contribution is 0.169. The fourth-order valence-electron chi connectivity index (χ4n) is 3.44. The minimum atomic E-state index is 0.0551. The van der Waals surface area contributed by atoms with Crippen molar-refractivity contribution in [3.8, 4) is 0 Å². The van der Waals surface area contributed by atoms with Crippen LogP contribution in [0.25, 0.3) is 0 Å². The Morgan fingerprint density at radius 1 is 1.29 bits per heavy atom. The Morgan fingerprint density at radius 3 is 2.83 bits per heavy atom. The van der Waals surface area contributed by atoms with Gasteiger partial charge in [0, 0.05) is 52.0 Å². The molecule has 3 heterocycles. The van der Waals surface area contributed by atoms with Crippen LogP contribution in [0.1, 0.15) is 25.3 Å². The number of anilines is 1. The van der Waals surface area contributed by atoms with Gasteiger partial charge in [-0.3, -0.25) is 0 Å². The van der Waals surface area contributed by atoms with Crippen molar-refractivity contribution in [1.82, 2.24) is 20.1 Å². The molecule has 1 aromatic heterocycles. The lowest BCUT2D eigenvalue weighted by Crippen LogP contribution is -2.45. The quantitative estimate of drug-likeness (QED) is 0.917. The van der Waals surface area contributed by atoms with Gasteiger partial charge in [0.25, 0.3) is 0 Å². The molecule has 0 aliphatic carbocycles. The Kier molecular flexibility index (Phi) is 5.56. The van der Waals surface area contributed by atoms with E-state index in [2.05, 4.69) is 40.1 Å². The lowest BCUT2D eigenvalue weighted by Gasteiger charge is -2.33. The second-order valence-corrected chi connectivity index (χ2v) is 7.16. The van der Waals surface area contributed by atoms with Crippen LogP contribution >= 0.6 is 0 Å². The van der Waals surface area contributed by atoms with E-state index in [1.807, 2.05) is 17.2 Å². The number of piperidine rings is 1. The highest BCUT2D eigenvalue weighted by molar-refractivity contribution is 5.74. The first-order valence-corrected chi connectivity index (χ1v) is 9.03. The van der Waals surface area contributed by atoms with Gasteiger partial charge in [-0.05, 0) is 43.5 Å². The molecular weight excluding hydrogens is 302 g/mol. The van der Waals surface area contributed by atoms with Crippen molar-refractivity contribution >= 4 is 11.8 Å². The monoisotopic (exact) mass is 331 g/mol. The number of piperazine rings is 1. The van der Waals surface area contributed by atoms with Crippen molar-refractivity contribution in [2.24, 2.45) is 5.92 Å². The summed E-state index contributed by atoms with van der Waals surface area (Å²) in [5, 5.41) is 3.06. The Balaban J connectivity index is 1.54. The number of rotatable bonds is 3. The van der Waals surface area contributed by atoms with E-state index in [9.17, 15) is 4.79 Å². The minimum Gasteiger partial charge on any atom is -0.354 e. The van der Waals surface area contributed by atoms with Crippen molar-refractivity contribution in [3.05, 3.63) is 23.9 Å². The molecule has 2 fully saturated rings. The van der Waals surface area contributed by atoms with Gasteiger partial charge in [0.2, 0.25) is 0 Å². The summed E-state index contributed by atoms with van der Waals surface area (Å²) in [7, 11) is 2.15. The molecule has 132 valence electrons. The normalized spacial score (nSPS) is 22.5. The molecule has 0 aromatic carbocycles. The number of likely N-dealkylation sites (tertiary alicyclic amines) is 1. The topological polar surface area (TPSA) is 51.7 Å². The van der Waals surface area contributed by atoms with Crippen LogP contribution in [0.3, 0.4) is 0 Å². The Labute approximate surface area is 144 Å². The van der Waals surface area contributed by atoms with Gasteiger partial charge in [-0.25, -0.2) is 9.78 Å². The second kappa shape index (κ2) is 7.83. The molecule has 2 saturated heterocycles. The van der Waals surface area contributed by atoms with Gasteiger partial charge in [-0.15, -0.1) is 0 Å². The minimum absolute atomic E-state index is 0.0551. The van der Waals surface area contributed by atoms with Crippen LogP contribution in [-0.4, -0.2) is 67.1 Å². The summed E-state index contributed by atoms with van der Waals surface area (Å²) in [6.45, 7) is 8.66. The molecule has 2 aliphatic heterocycles. The Bertz CT molecular complexity index is 556. The van der Waals surface area contributed by atoms with Crippen LogP contribution in [0.4, 0.5) is 10.6 Å². The van der Waals surface area contributed by atoms with Gasteiger partial charge in [0.1, 0.15) is 5.82 Å². The highest BCUT2D eigenvalue weighted by Crippen LogP contribution is 2.16. The molecule has 2 aliphatic rings.